The van der Waals surface area contributed by atoms with Gasteiger partial charge in [0.15, 0.2) is 0 Å². The molecule has 1 fully saturated rings. The molecule has 18 heavy (non-hydrogen) atoms. The van der Waals surface area contributed by atoms with Crippen LogP contribution in [0.4, 0.5) is 5.69 Å². The summed E-state index contributed by atoms with van der Waals surface area (Å²) in [7, 11) is 1.78. The van der Waals surface area contributed by atoms with Gasteiger partial charge in [0.05, 0.1) is 22.7 Å². The molecule has 2 unspecified atom stereocenters. The molecular weight excluding hydrogens is 252 g/mol. The van der Waals surface area contributed by atoms with Crippen LogP contribution in [0.3, 0.4) is 0 Å². The molecule has 5 heteroatoms. The number of benzene rings is 1. The lowest BCUT2D eigenvalue weighted by Crippen LogP contribution is -2.41. The van der Waals surface area contributed by atoms with Crippen LogP contribution in [0.15, 0.2) is 18.2 Å². The van der Waals surface area contributed by atoms with E-state index in [-0.39, 0.29) is 18.1 Å². The number of likely N-dealkylation sites (N-methyl/N-ethyl adjacent to an activating group) is 1. The van der Waals surface area contributed by atoms with Crippen LogP contribution in [0, 0.1) is 0 Å². The molecular formula is C13H17ClN2O2. The number of carbonyl (C=O) groups excluding carboxylic acids is 1. The number of nitrogen functional groups attached to an aromatic ring is 1. The van der Waals surface area contributed by atoms with Gasteiger partial charge < -0.3 is 15.4 Å². The van der Waals surface area contributed by atoms with Crippen molar-refractivity contribution in [1.82, 2.24) is 4.90 Å². The minimum absolute atomic E-state index is 0.0544. The second kappa shape index (κ2) is 5.16. The number of anilines is 1. The Kier molecular flexibility index (Phi) is 3.78. The van der Waals surface area contributed by atoms with Gasteiger partial charge in [-0.1, -0.05) is 11.6 Å². The maximum Gasteiger partial charge on any atom is 0.255 e. The largest absolute Gasteiger partial charge is 0.399 e. The molecule has 2 atom stereocenters. The molecule has 0 aliphatic carbocycles. The van der Waals surface area contributed by atoms with Crippen LogP contribution in [-0.2, 0) is 4.74 Å². The van der Waals surface area contributed by atoms with Crippen LogP contribution < -0.4 is 5.73 Å². The van der Waals surface area contributed by atoms with Gasteiger partial charge in [-0.15, -0.1) is 0 Å². The molecule has 1 aromatic rings. The Morgan fingerprint density at radius 2 is 2.28 bits per heavy atom. The molecule has 1 heterocycles. The molecule has 1 aliphatic rings. The number of halogens is 1. The highest BCUT2D eigenvalue weighted by Crippen LogP contribution is 2.24. The average molecular weight is 269 g/mol. The van der Waals surface area contributed by atoms with E-state index in [1.807, 2.05) is 6.92 Å². The van der Waals surface area contributed by atoms with Crippen molar-refractivity contribution in [3.8, 4) is 0 Å². The van der Waals surface area contributed by atoms with Crippen molar-refractivity contribution in [2.75, 3.05) is 19.4 Å². The summed E-state index contributed by atoms with van der Waals surface area (Å²) in [6.45, 7) is 2.66. The first kappa shape index (κ1) is 13.2. The van der Waals surface area contributed by atoms with Crippen LogP contribution >= 0.6 is 11.6 Å². The third-order valence-corrected chi connectivity index (χ3v) is 3.70. The van der Waals surface area contributed by atoms with Gasteiger partial charge in [-0.2, -0.15) is 0 Å². The Balaban J connectivity index is 2.22. The number of nitrogens with two attached hydrogens (primary N) is 1. The van der Waals surface area contributed by atoms with E-state index in [0.717, 1.165) is 6.42 Å². The van der Waals surface area contributed by atoms with E-state index in [0.29, 0.717) is 22.9 Å². The highest BCUT2D eigenvalue weighted by Gasteiger charge is 2.31. The summed E-state index contributed by atoms with van der Waals surface area (Å²) in [5, 5.41) is 0.424. The predicted molar refractivity (Wildman–Crippen MR) is 71.8 cm³/mol. The lowest BCUT2D eigenvalue weighted by Gasteiger charge is -2.27. The third-order valence-electron chi connectivity index (χ3n) is 3.37. The number of nitrogens with zero attached hydrogens (tertiary/aromatic N) is 1. The van der Waals surface area contributed by atoms with Crippen LogP contribution in [0.25, 0.3) is 0 Å². The van der Waals surface area contributed by atoms with Crippen LogP contribution in [0.5, 0.6) is 0 Å². The topological polar surface area (TPSA) is 55.6 Å². The number of hydrogen-bond acceptors (Lipinski definition) is 3. The maximum atomic E-state index is 12.4. The van der Waals surface area contributed by atoms with Gasteiger partial charge in [0.2, 0.25) is 0 Å². The first-order valence-corrected chi connectivity index (χ1v) is 6.32. The number of amides is 1. The molecule has 0 bridgehead atoms. The molecule has 0 radical (unpaired) electrons. The normalized spacial score (nSPS) is 23.1. The van der Waals surface area contributed by atoms with Crippen molar-refractivity contribution in [3.05, 3.63) is 28.8 Å². The predicted octanol–water partition coefficient (Wildman–Crippen LogP) is 2.17. The summed E-state index contributed by atoms with van der Waals surface area (Å²) in [5.41, 5.74) is 6.67. The summed E-state index contributed by atoms with van der Waals surface area (Å²) < 4.78 is 5.47. The van der Waals surface area contributed by atoms with Gasteiger partial charge in [-0.3, -0.25) is 4.79 Å². The van der Waals surface area contributed by atoms with Crippen molar-refractivity contribution in [2.24, 2.45) is 0 Å². The van der Waals surface area contributed by atoms with Crippen molar-refractivity contribution < 1.29 is 9.53 Å². The second-order valence-electron chi connectivity index (χ2n) is 4.59. The Labute approximate surface area is 112 Å². The Hall–Kier alpha value is -1.26. The van der Waals surface area contributed by atoms with Crippen molar-refractivity contribution in [3.63, 3.8) is 0 Å². The number of ether oxygens (including phenoxy) is 1. The fraction of sp³-hybridized carbons (Fsp3) is 0.462. The van der Waals surface area contributed by atoms with Crippen molar-refractivity contribution in [1.29, 1.82) is 0 Å². The van der Waals surface area contributed by atoms with Crippen LogP contribution in [-0.4, -0.2) is 36.6 Å². The molecule has 1 aromatic carbocycles. The monoisotopic (exact) mass is 268 g/mol. The molecule has 98 valence electrons. The van der Waals surface area contributed by atoms with Crippen LogP contribution in [0.2, 0.25) is 5.02 Å². The highest BCUT2D eigenvalue weighted by atomic mass is 35.5. The highest BCUT2D eigenvalue weighted by molar-refractivity contribution is 6.34. The molecule has 0 spiro atoms. The SMILES string of the molecule is CC1OCCC1N(C)C(=O)c1cc(N)ccc1Cl. The lowest BCUT2D eigenvalue weighted by molar-refractivity contribution is 0.0575. The van der Waals surface area contributed by atoms with E-state index < -0.39 is 0 Å². The zero-order chi connectivity index (χ0) is 13.3. The molecule has 0 aromatic heterocycles. The van der Waals surface area contributed by atoms with Crippen LogP contribution in [0.1, 0.15) is 23.7 Å². The fourth-order valence-electron chi connectivity index (χ4n) is 2.28. The molecule has 1 saturated heterocycles. The summed E-state index contributed by atoms with van der Waals surface area (Å²) in [6.07, 6.45) is 0.905. The quantitative estimate of drug-likeness (QED) is 0.837. The molecule has 4 nitrogen and oxygen atoms in total. The van der Waals surface area contributed by atoms with Crippen molar-refractivity contribution in [2.45, 2.75) is 25.5 Å². The number of hydrogen-bond donors (Lipinski definition) is 1. The zero-order valence-electron chi connectivity index (χ0n) is 10.5. The van der Waals surface area contributed by atoms with Gasteiger partial charge in [-0.25, -0.2) is 0 Å². The van der Waals surface area contributed by atoms with E-state index in [1.54, 1.807) is 30.1 Å². The first-order chi connectivity index (χ1) is 8.50. The summed E-state index contributed by atoms with van der Waals surface area (Å²) in [5.74, 6) is -0.116. The third kappa shape index (κ3) is 2.44. The zero-order valence-corrected chi connectivity index (χ0v) is 11.3. The standard InChI is InChI=1S/C13H17ClN2O2/c1-8-12(5-6-18-8)16(2)13(17)10-7-9(15)3-4-11(10)14/h3-4,7-8,12H,5-6,15H2,1-2H3. The van der Waals surface area contributed by atoms with Gasteiger partial charge in [0, 0.05) is 19.3 Å². The Morgan fingerprint density at radius 3 is 2.89 bits per heavy atom. The molecule has 1 aliphatic heterocycles. The van der Waals surface area contributed by atoms with Gasteiger partial charge in [-0.05, 0) is 31.5 Å². The molecule has 1 amide bonds. The number of rotatable bonds is 2. The van der Waals surface area contributed by atoms with Gasteiger partial charge in [0.25, 0.3) is 5.91 Å². The Morgan fingerprint density at radius 1 is 1.56 bits per heavy atom. The fourth-order valence-corrected chi connectivity index (χ4v) is 2.47. The van der Waals surface area contributed by atoms with E-state index in [9.17, 15) is 4.79 Å². The molecule has 2 rings (SSSR count). The minimum atomic E-state index is -0.116. The van der Waals surface area contributed by atoms with E-state index in [1.165, 1.54) is 0 Å². The van der Waals surface area contributed by atoms with E-state index in [4.69, 9.17) is 22.1 Å². The summed E-state index contributed by atoms with van der Waals surface area (Å²) in [6, 6.07) is 5.03. The van der Waals surface area contributed by atoms with E-state index >= 15 is 0 Å². The molecule has 2 N–H and O–H groups in total. The Bertz CT molecular complexity index is 464. The lowest BCUT2D eigenvalue weighted by atomic mass is 10.1. The van der Waals surface area contributed by atoms with Crippen molar-refractivity contribution >= 4 is 23.2 Å². The van der Waals surface area contributed by atoms with E-state index in [2.05, 4.69) is 0 Å². The number of carbonyl (C=O) groups is 1. The van der Waals surface area contributed by atoms with Gasteiger partial charge >= 0.3 is 0 Å². The van der Waals surface area contributed by atoms with Gasteiger partial charge in [0.1, 0.15) is 0 Å². The summed E-state index contributed by atoms with van der Waals surface area (Å²) in [4.78, 5) is 14.1. The minimum Gasteiger partial charge on any atom is -0.399 e. The average Bonchev–Trinajstić information content (AvgIpc) is 2.77. The smallest absolute Gasteiger partial charge is 0.255 e. The second-order valence-corrected chi connectivity index (χ2v) is 4.99. The summed E-state index contributed by atoms with van der Waals surface area (Å²) >= 11 is 6.04. The maximum absolute atomic E-state index is 12.4. The first-order valence-electron chi connectivity index (χ1n) is 5.94. The molecule has 0 saturated carbocycles.